The molecule has 0 aromatic rings. The number of hydrogen-bond acceptors (Lipinski definition) is 2. The Morgan fingerprint density at radius 2 is 1.89 bits per heavy atom. The van der Waals surface area contributed by atoms with Crippen LogP contribution in [0.15, 0.2) is 0 Å². The first-order valence-corrected chi connectivity index (χ1v) is 6.63. The number of nitrogens with zero attached hydrogens (tertiary/aromatic N) is 2. The van der Waals surface area contributed by atoms with E-state index in [1.165, 1.54) is 4.90 Å². The molecule has 5 heteroatoms. The van der Waals surface area contributed by atoms with Crippen LogP contribution in [0.25, 0.3) is 0 Å². The second kappa shape index (κ2) is 5.59. The lowest BCUT2D eigenvalue weighted by Gasteiger charge is -2.45. The van der Waals surface area contributed by atoms with Gasteiger partial charge in [-0.1, -0.05) is 13.8 Å². The molecule has 0 saturated carbocycles. The molecule has 1 unspecified atom stereocenters. The summed E-state index contributed by atoms with van der Waals surface area (Å²) in [6.45, 7) is 9.42. The molecule has 1 aliphatic heterocycles. The van der Waals surface area contributed by atoms with Gasteiger partial charge in [0.2, 0.25) is 0 Å². The third-order valence-electron chi connectivity index (χ3n) is 3.79. The molecule has 1 aliphatic rings. The first kappa shape index (κ1) is 14.8. The van der Waals surface area contributed by atoms with Crippen molar-refractivity contribution >= 4 is 12.0 Å². The molecular formula is C13H24N2O3. The van der Waals surface area contributed by atoms with E-state index in [1.54, 1.807) is 4.90 Å². The predicted molar refractivity (Wildman–Crippen MR) is 69.5 cm³/mol. The minimum atomic E-state index is -0.903. The fourth-order valence-corrected chi connectivity index (χ4v) is 2.74. The summed E-state index contributed by atoms with van der Waals surface area (Å²) in [6.07, 6.45) is 1.70. The Hall–Kier alpha value is -1.26. The zero-order valence-electron chi connectivity index (χ0n) is 11.8. The highest BCUT2D eigenvalue weighted by atomic mass is 16.4. The van der Waals surface area contributed by atoms with Crippen molar-refractivity contribution in [3.8, 4) is 0 Å². The van der Waals surface area contributed by atoms with Gasteiger partial charge < -0.3 is 14.9 Å². The maximum atomic E-state index is 12.4. The molecule has 1 atom stereocenters. The van der Waals surface area contributed by atoms with Gasteiger partial charge in [-0.2, -0.15) is 0 Å². The van der Waals surface area contributed by atoms with Gasteiger partial charge in [0, 0.05) is 19.6 Å². The zero-order valence-corrected chi connectivity index (χ0v) is 11.8. The van der Waals surface area contributed by atoms with Crippen molar-refractivity contribution in [2.45, 2.75) is 46.6 Å². The molecule has 0 radical (unpaired) electrons. The largest absolute Gasteiger partial charge is 0.480 e. The van der Waals surface area contributed by atoms with Gasteiger partial charge in [0.1, 0.15) is 6.04 Å². The van der Waals surface area contributed by atoms with E-state index in [1.807, 2.05) is 27.7 Å². The minimum Gasteiger partial charge on any atom is -0.480 e. The van der Waals surface area contributed by atoms with Crippen molar-refractivity contribution in [1.82, 2.24) is 9.80 Å². The van der Waals surface area contributed by atoms with Gasteiger partial charge in [0.05, 0.1) is 0 Å². The highest BCUT2D eigenvalue weighted by Crippen LogP contribution is 2.35. The number of carbonyl (C=O) groups is 2. The molecule has 0 aromatic carbocycles. The average molecular weight is 256 g/mol. The predicted octanol–water partition coefficient (Wildman–Crippen LogP) is 2.02. The second-order valence-corrected chi connectivity index (χ2v) is 5.48. The monoisotopic (exact) mass is 256 g/mol. The molecule has 1 heterocycles. The number of likely N-dealkylation sites (tertiary alicyclic amines) is 1. The maximum Gasteiger partial charge on any atom is 0.327 e. The molecule has 0 spiro atoms. The molecule has 1 fully saturated rings. The van der Waals surface area contributed by atoms with Crippen LogP contribution in [0.3, 0.4) is 0 Å². The summed E-state index contributed by atoms with van der Waals surface area (Å²) in [5, 5.41) is 9.41. The van der Waals surface area contributed by atoms with Gasteiger partial charge in [-0.3, -0.25) is 0 Å². The van der Waals surface area contributed by atoms with Crippen LogP contribution in [-0.2, 0) is 4.79 Å². The summed E-state index contributed by atoms with van der Waals surface area (Å²) < 4.78 is 0. The van der Waals surface area contributed by atoms with Crippen LogP contribution in [0.2, 0.25) is 0 Å². The Kier molecular flexibility index (Phi) is 4.59. The highest BCUT2D eigenvalue weighted by Gasteiger charge is 2.45. The van der Waals surface area contributed by atoms with Gasteiger partial charge in [-0.15, -0.1) is 0 Å². The fraction of sp³-hybridized carbons (Fsp3) is 0.846. The van der Waals surface area contributed by atoms with Gasteiger partial charge in [0.25, 0.3) is 0 Å². The summed E-state index contributed by atoms with van der Waals surface area (Å²) >= 11 is 0. The number of carboxylic acid groups (broad SMARTS) is 1. The number of hydrogen-bond donors (Lipinski definition) is 1. The van der Waals surface area contributed by atoms with Crippen LogP contribution in [0, 0.1) is 5.41 Å². The van der Waals surface area contributed by atoms with Crippen molar-refractivity contribution in [1.29, 1.82) is 0 Å². The van der Waals surface area contributed by atoms with Crippen molar-refractivity contribution in [2.24, 2.45) is 5.41 Å². The topological polar surface area (TPSA) is 60.9 Å². The number of amides is 2. The van der Waals surface area contributed by atoms with Crippen molar-refractivity contribution in [3.63, 3.8) is 0 Å². The van der Waals surface area contributed by atoms with Crippen molar-refractivity contribution in [3.05, 3.63) is 0 Å². The molecule has 1 saturated heterocycles. The summed E-state index contributed by atoms with van der Waals surface area (Å²) in [7, 11) is 0. The third-order valence-corrected chi connectivity index (χ3v) is 3.79. The maximum absolute atomic E-state index is 12.4. The summed E-state index contributed by atoms with van der Waals surface area (Å²) in [5.74, 6) is -0.903. The van der Waals surface area contributed by atoms with E-state index in [0.29, 0.717) is 19.6 Å². The number of piperidine rings is 1. The van der Waals surface area contributed by atoms with E-state index >= 15 is 0 Å². The Morgan fingerprint density at radius 3 is 2.33 bits per heavy atom. The Bertz CT molecular complexity index is 324. The van der Waals surface area contributed by atoms with Gasteiger partial charge in [0.15, 0.2) is 0 Å². The van der Waals surface area contributed by atoms with Crippen LogP contribution < -0.4 is 0 Å². The Morgan fingerprint density at radius 1 is 1.33 bits per heavy atom. The lowest BCUT2D eigenvalue weighted by Crippen LogP contribution is -2.59. The van der Waals surface area contributed by atoms with Crippen LogP contribution in [0.4, 0.5) is 4.79 Å². The Labute approximate surface area is 109 Å². The standard InChI is InChI=1S/C13H24N2O3/c1-5-14(6-2)12(18)15-9-7-8-13(3,4)10(15)11(16)17/h10H,5-9H2,1-4H3,(H,16,17). The normalized spacial score (nSPS) is 22.7. The Balaban J connectivity index is 2.97. The average Bonchev–Trinajstić information content (AvgIpc) is 2.28. The number of rotatable bonds is 3. The quantitative estimate of drug-likeness (QED) is 0.840. The number of carbonyl (C=O) groups excluding carboxylic acids is 1. The summed E-state index contributed by atoms with van der Waals surface area (Å²) in [4.78, 5) is 27.0. The van der Waals surface area contributed by atoms with E-state index in [-0.39, 0.29) is 11.4 Å². The van der Waals surface area contributed by atoms with E-state index in [2.05, 4.69) is 0 Å². The van der Waals surface area contributed by atoms with E-state index < -0.39 is 12.0 Å². The number of aliphatic carboxylic acids is 1. The third kappa shape index (κ3) is 2.76. The van der Waals surface area contributed by atoms with Crippen LogP contribution in [0.1, 0.15) is 40.5 Å². The summed E-state index contributed by atoms with van der Waals surface area (Å²) in [5.41, 5.74) is -0.368. The van der Waals surface area contributed by atoms with Gasteiger partial charge in [-0.05, 0) is 32.1 Å². The van der Waals surface area contributed by atoms with Crippen molar-refractivity contribution in [2.75, 3.05) is 19.6 Å². The SMILES string of the molecule is CCN(CC)C(=O)N1CCCC(C)(C)C1C(=O)O. The van der Waals surface area contributed by atoms with Crippen LogP contribution in [0.5, 0.6) is 0 Å². The van der Waals surface area contributed by atoms with Crippen molar-refractivity contribution < 1.29 is 14.7 Å². The highest BCUT2D eigenvalue weighted by molar-refractivity contribution is 5.83. The van der Waals surface area contributed by atoms with Gasteiger partial charge >= 0.3 is 12.0 Å². The second-order valence-electron chi connectivity index (χ2n) is 5.48. The fourth-order valence-electron chi connectivity index (χ4n) is 2.74. The molecule has 104 valence electrons. The van der Waals surface area contributed by atoms with Crippen LogP contribution in [-0.4, -0.2) is 52.6 Å². The molecule has 0 bridgehead atoms. The zero-order chi connectivity index (χ0) is 13.9. The molecular weight excluding hydrogens is 232 g/mol. The molecule has 5 nitrogen and oxygen atoms in total. The number of carboxylic acids is 1. The smallest absolute Gasteiger partial charge is 0.327 e. The lowest BCUT2D eigenvalue weighted by molar-refractivity contribution is -0.148. The molecule has 1 rings (SSSR count). The molecule has 1 N–H and O–H groups in total. The molecule has 0 aliphatic carbocycles. The first-order chi connectivity index (χ1) is 8.35. The molecule has 2 amide bonds. The van der Waals surface area contributed by atoms with Gasteiger partial charge in [-0.25, -0.2) is 9.59 Å². The molecule has 0 aromatic heterocycles. The molecule has 18 heavy (non-hydrogen) atoms. The lowest BCUT2D eigenvalue weighted by atomic mass is 9.76. The van der Waals surface area contributed by atoms with E-state index in [4.69, 9.17) is 0 Å². The summed E-state index contributed by atoms with van der Waals surface area (Å²) in [6, 6.07) is -0.875. The first-order valence-electron chi connectivity index (χ1n) is 6.63. The number of urea groups is 1. The minimum absolute atomic E-state index is 0.153. The van der Waals surface area contributed by atoms with E-state index in [0.717, 1.165) is 12.8 Å². The van der Waals surface area contributed by atoms with E-state index in [9.17, 15) is 14.7 Å². The van der Waals surface area contributed by atoms with Crippen LogP contribution >= 0.6 is 0 Å².